The third-order valence-electron chi connectivity index (χ3n) is 5.31. The predicted octanol–water partition coefficient (Wildman–Crippen LogP) is 5.70. The molecule has 152 valence electrons. The molecule has 2 heterocycles. The Morgan fingerprint density at radius 1 is 0.903 bits per heavy atom. The molecule has 0 aliphatic rings. The average Bonchev–Trinajstić information content (AvgIpc) is 3.26. The maximum atomic E-state index is 13.7. The number of hydrogen-bond donors (Lipinski definition) is 0. The van der Waals surface area contributed by atoms with E-state index < -0.39 is 0 Å². The van der Waals surface area contributed by atoms with E-state index in [9.17, 15) is 4.79 Å². The highest BCUT2D eigenvalue weighted by Gasteiger charge is 2.23. The Hall–Kier alpha value is -3.64. The molecule has 5 nitrogen and oxygen atoms in total. The number of aryl methyl sites for hydroxylation is 2. The maximum absolute atomic E-state index is 13.7. The van der Waals surface area contributed by atoms with Gasteiger partial charge in [-0.2, -0.15) is 0 Å². The number of carbonyl (C=O) groups is 1. The van der Waals surface area contributed by atoms with Crippen LogP contribution in [0.3, 0.4) is 0 Å². The molecule has 0 unspecified atom stereocenters. The number of anilines is 1. The zero-order valence-electron chi connectivity index (χ0n) is 17.2. The van der Waals surface area contributed by atoms with Crippen molar-refractivity contribution in [3.63, 3.8) is 0 Å². The Bertz CT molecular complexity index is 1370. The Labute approximate surface area is 184 Å². The molecule has 0 atom stereocenters. The third kappa shape index (κ3) is 3.66. The lowest BCUT2D eigenvalue weighted by molar-refractivity contribution is 0.0985. The molecule has 0 N–H and O–H groups in total. The predicted molar refractivity (Wildman–Crippen MR) is 126 cm³/mol. The van der Waals surface area contributed by atoms with Gasteiger partial charge < -0.3 is 0 Å². The molecule has 3 aromatic carbocycles. The van der Waals surface area contributed by atoms with Crippen molar-refractivity contribution in [2.75, 3.05) is 4.90 Å². The third-order valence-corrected chi connectivity index (χ3v) is 6.52. The van der Waals surface area contributed by atoms with Gasteiger partial charge in [-0.25, -0.2) is 4.98 Å². The van der Waals surface area contributed by atoms with Gasteiger partial charge in [-0.15, -0.1) is 0 Å². The highest BCUT2D eigenvalue weighted by molar-refractivity contribution is 7.22. The fourth-order valence-electron chi connectivity index (χ4n) is 3.61. The van der Waals surface area contributed by atoms with Crippen molar-refractivity contribution in [3.8, 4) is 0 Å². The van der Waals surface area contributed by atoms with Gasteiger partial charge in [-0.3, -0.25) is 19.7 Å². The second-order valence-corrected chi connectivity index (χ2v) is 8.49. The number of fused-ring (bicyclic) bond motifs is 2. The number of hydrogen-bond acceptors (Lipinski definition) is 5. The lowest BCUT2D eigenvalue weighted by Gasteiger charge is -2.20. The van der Waals surface area contributed by atoms with Gasteiger partial charge in [0.1, 0.15) is 0 Å². The monoisotopic (exact) mass is 424 g/mol. The van der Waals surface area contributed by atoms with Gasteiger partial charge in [0.15, 0.2) is 5.13 Å². The first kappa shape index (κ1) is 19.3. The molecule has 0 aliphatic heterocycles. The largest absolute Gasteiger partial charge is 0.279 e. The summed E-state index contributed by atoms with van der Waals surface area (Å²) in [4.78, 5) is 29.0. The molecule has 0 fully saturated rings. The normalized spacial score (nSPS) is 11.2. The molecular weight excluding hydrogens is 404 g/mol. The van der Waals surface area contributed by atoms with Crippen LogP contribution in [-0.2, 0) is 6.54 Å². The van der Waals surface area contributed by atoms with Gasteiger partial charge in [0.2, 0.25) is 0 Å². The zero-order valence-corrected chi connectivity index (χ0v) is 18.1. The molecule has 31 heavy (non-hydrogen) atoms. The van der Waals surface area contributed by atoms with E-state index in [2.05, 4.69) is 35.9 Å². The van der Waals surface area contributed by atoms with Crippen LogP contribution >= 0.6 is 11.3 Å². The van der Waals surface area contributed by atoms with Gasteiger partial charge in [0.25, 0.3) is 5.91 Å². The summed E-state index contributed by atoms with van der Waals surface area (Å²) in [6, 6.07) is 19.6. The Morgan fingerprint density at radius 2 is 1.65 bits per heavy atom. The van der Waals surface area contributed by atoms with Crippen LogP contribution in [0.25, 0.3) is 21.3 Å². The van der Waals surface area contributed by atoms with Crippen molar-refractivity contribution >= 4 is 43.6 Å². The van der Waals surface area contributed by atoms with Crippen molar-refractivity contribution in [1.29, 1.82) is 0 Å². The second kappa shape index (κ2) is 7.89. The molecular formula is C25H20N4OS. The highest BCUT2D eigenvalue weighted by atomic mass is 32.1. The number of carbonyl (C=O) groups excluding carboxylic acids is 1. The Kier molecular flexibility index (Phi) is 4.92. The smallest absolute Gasteiger partial charge is 0.260 e. The quantitative estimate of drug-likeness (QED) is 0.371. The summed E-state index contributed by atoms with van der Waals surface area (Å²) in [6.45, 7) is 4.57. The Morgan fingerprint density at radius 3 is 2.42 bits per heavy atom. The molecule has 0 saturated carbocycles. The van der Waals surface area contributed by atoms with Gasteiger partial charge >= 0.3 is 0 Å². The molecule has 0 saturated heterocycles. The van der Waals surface area contributed by atoms with Gasteiger partial charge in [0, 0.05) is 18.0 Å². The number of nitrogens with zero attached hydrogens (tertiary/aromatic N) is 4. The standard InChI is InChI=1S/C25H20N4OS/c1-16-8-9-17(2)23-22(16)28-25(31-23)29(15-18-6-4-3-5-7-18)24(30)19-10-11-20-21(14-19)27-13-12-26-20/h3-14H,15H2,1-2H3. The van der Waals surface area contributed by atoms with Crippen molar-refractivity contribution < 1.29 is 4.79 Å². The van der Waals surface area contributed by atoms with E-state index >= 15 is 0 Å². The number of aromatic nitrogens is 3. The summed E-state index contributed by atoms with van der Waals surface area (Å²) in [5.41, 5.74) is 6.30. The van der Waals surface area contributed by atoms with Crippen molar-refractivity contribution in [2.45, 2.75) is 20.4 Å². The van der Waals surface area contributed by atoms with E-state index in [-0.39, 0.29) is 5.91 Å². The molecule has 5 rings (SSSR count). The molecule has 0 bridgehead atoms. The minimum absolute atomic E-state index is 0.106. The minimum atomic E-state index is -0.106. The topological polar surface area (TPSA) is 59.0 Å². The second-order valence-electron chi connectivity index (χ2n) is 7.51. The fraction of sp³-hybridized carbons (Fsp3) is 0.120. The van der Waals surface area contributed by atoms with E-state index in [1.807, 2.05) is 36.4 Å². The van der Waals surface area contributed by atoms with E-state index in [1.54, 1.807) is 40.8 Å². The molecule has 0 aliphatic carbocycles. The van der Waals surface area contributed by atoms with E-state index in [0.29, 0.717) is 22.8 Å². The summed E-state index contributed by atoms with van der Waals surface area (Å²) >= 11 is 1.56. The molecule has 5 aromatic rings. The zero-order chi connectivity index (χ0) is 21.4. The van der Waals surface area contributed by atoms with Crippen molar-refractivity contribution in [2.24, 2.45) is 0 Å². The lowest BCUT2D eigenvalue weighted by Crippen LogP contribution is -2.30. The SMILES string of the molecule is Cc1ccc(C)c2sc(N(Cc3ccccc3)C(=O)c3ccc4nccnc4c3)nc12. The molecule has 6 heteroatoms. The van der Waals surface area contributed by atoms with Gasteiger partial charge in [-0.05, 0) is 48.7 Å². The number of amides is 1. The summed E-state index contributed by atoms with van der Waals surface area (Å²) in [7, 11) is 0. The number of benzene rings is 3. The minimum Gasteiger partial charge on any atom is -0.279 e. The van der Waals surface area contributed by atoms with Crippen LogP contribution in [0.15, 0.2) is 73.1 Å². The summed E-state index contributed by atoms with van der Waals surface area (Å²) in [5, 5.41) is 0.695. The molecule has 2 aromatic heterocycles. The highest BCUT2D eigenvalue weighted by Crippen LogP contribution is 2.34. The summed E-state index contributed by atoms with van der Waals surface area (Å²) in [5.74, 6) is -0.106. The summed E-state index contributed by atoms with van der Waals surface area (Å²) in [6.07, 6.45) is 3.29. The summed E-state index contributed by atoms with van der Waals surface area (Å²) < 4.78 is 1.12. The van der Waals surface area contributed by atoms with Crippen LogP contribution < -0.4 is 4.90 Å². The van der Waals surface area contributed by atoms with Crippen LogP contribution in [-0.4, -0.2) is 20.9 Å². The first-order chi connectivity index (χ1) is 15.1. The van der Waals surface area contributed by atoms with E-state index in [4.69, 9.17) is 4.98 Å². The van der Waals surface area contributed by atoms with Gasteiger partial charge in [0.05, 0.1) is 27.8 Å². The van der Waals surface area contributed by atoms with Crippen LogP contribution in [0.5, 0.6) is 0 Å². The number of thiazole rings is 1. The maximum Gasteiger partial charge on any atom is 0.260 e. The molecule has 0 radical (unpaired) electrons. The van der Waals surface area contributed by atoms with E-state index in [1.165, 1.54) is 0 Å². The fourth-order valence-corrected chi connectivity index (χ4v) is 4.72. The van der Waals surface area contributed by atoms with Crippen molar-refractivity contribution in [3.05, 3.63) is 95.3 Å². The van der Waals surface area contributed by atoms with Crippen LogP contribution in [0.1, 0.15) is 27.0 Å². The number of rotatable bonds is 4. The average molecular weight is 425 g/mol. The van der Waals surface area contributed by atoms with Crippen LogP contribution in [0.2, 0.25) is 0 Å². The van der Waals surface area contributed by atoms with E-state index in [0.717, 1.165) is 32.4 Å². The van der Waals surface area contributed by atoms with Gasteiger partial charge in [-0.1, -0.05) is 53.8 Å². The molecule has 0 spiro atoms. The van der Waals surface area contributed by atoms with Crippen LogP contribution in [0.4, 0.5) is 5.13 Å². The van der Waals surface area contributed by atoms with Crippen molar-refractivity contribution in [1.82, 2.24) is 15.0 Å². The first-order valence-corrected chi connectivity index (χ1v) is 10.8. The molecule has 1 amide bonds. The first-order valence-electron chi connectivity index (χ1n) is 10.0. The Balaban J connectivity index is 1.62. The lowest BCUT2D eigenvalue weighted by atomic mass is 10.1. The van der Waals surface area contributed by atoms with Crippen LogP contribution in [0, 0.1) is 13.8 Å².